The zero-order valence-electron chi connectivity index (χ0n) is 7.14. The van der Waals surface area contributed by atoms with Crippen molar-refractivity contribution in [2.75, 3.05) is 0 Å². The number of fused-ring (bicyclic) bond motifs is 3. The van der Waals surface area contributed by atoms with E-state index in [0.717, 1.165) is 16.4 Å². The van der Waals surface area contributed by atoms with Crippen molar-refractivity contribution >= 4 is 16.4 Å². The van der Waals surface area contributed by atoms with Crippen molar-refractivity contribution in [3.63, 3.8) is 0 Å². The summed E-state index contributed by atoms with van der Waals surface area (Å²) in [7, 11) is 0. The first-order valence-electron chi connectivity index (χ1n) is 4.04. The second-order valence-electron chi connectivity index (χ2n) is 2.84. The number of nitrogens with zero attached hydrogens (tertiary/aromatic N) is 3. The van der Waals surface area contributed by atoms with E-state index in [9.17, 15) is 0 Å². The van der Waals surface area contributed by atoms with Crippen LogP contribution in [0.1, 0.15) is 0 Å². The van der Waals surface area contributed by atoms with Crippen LogP contribution in [0.4, 0.5) is 0 Å². The van der Waals surface area contributed by atoms with Gasteiger partial charge in [-0.25, -0.2) is 0 Å². The van der Waals surface area contributed by atoms with E-state index >= 15 is 0 Å². The van der Waals surface area contributed by atoms with Crippen molar-refractivity contribution in [1.82, 2.24) is 14.6 Å². The zero-order chi connectivity index (χ0) is 8.67. The Labute approximate surface area is 94.1 Å². The molecule has 0 amide bonds. The number of hydrogen-bond donors (Lipinski definition) is 0. The Morgan fingerprint density at radius 1 is 1.36 bits per heavy atom. The van der Waals surface area contributed by atoms with Crippen LogP contribution in [-0.4, -0.2) is 14.6 Å². The first-order valence-corrected chi connectivity index (χ1v) is 4.04. The van der Waals surface area contributed by atoms with Crippen LogP contribution in [0.5, 0.6) is 0 Å². The number of imidazole rings is 1. The summed E-state index contributed by atoms with van der Waals surface area (Å²) in [5.74, 6) is 0. The Balaban J connectivity index is 0.000000750. The normalized spacial score (nSPS) is 10.3. The van der Waals surface area contributed by atoms with Gasteiger partial charge in [0.25, 0.3) is 0 Å². The quantitative estimate of drug-likeness (QED) is 0.571. The summed E-state index contributed by atoms with van der Waals surface area (Å²) in [6, 6.07) is 9.00. The Morgan fingerprint density at radius 2 is 2.29 bits per heavy atom. The van der Waals surface area contributed by atoms with Gasteiger partial charge in [-0.2, -0.15) is 5.10 Å². The first kappa shape index (κ1) is 9.31. The molecule has 0 unspecified atom stereocenters. The van der Waals surface area contributed by atoms with Crippen LogP contribution in [0.3, 0.4) is 0 Å². The van der Waals surface area contributed by atoms with E-state index in [1.165, 1.54) is 0 Å². The summed E-state index contributed by atoms with van der Waals surface area (Å²) in [5, 5.41) is 6.29. The summed E-state index contributed by atoms with van der Waals surface area (Å²) in [6.07, 6.45) is 5.39. The van der Waals surface area contributed by atoms with Gasteiger partial charge in [-0.1, -0.05) is 10.8 Å². The van der Waals surface area contributed by atoms with Crippen LogP contribution in [0.2, 0.25) is 0 Å². The molecular weight excluding hydrogens is 354 g/mol. The molecule has 0 fully saturated rings. The van der Waals surface area contributed by atoms with Crippen molar-refractivity contribution in [1.29, 1.82) is 0 Å². The van der Waals surface area contributed by atoms with E-state index in [-0.39, 0.29) is 20.1 Å². The van der Waals surface area contributed by atoms with Gasteiger partial charge >= 0.3 is 0 Å². The van der Waals surface area contributed by atoms with Gasteiger partial charge in [0.1, 0.15) is 0 Å². The third-order valence-corrected chi connectivity index (χ3v) is 2.05. The SMILES string of the molecule is [Ir].[c-]1cccc2cnn3ccnc3c12. The second kappa shape index (κ2) is 3.48. The summed E-state index contributed by atoms with van der Waals surface area (Å²) < 4.78 is 1.75. The van der Waals surface area contributed by atoms with Crippen molar-refractivity contribution in [2.45, 2.75) is 0 Å². The Morgan fingerprint density at radius 3 is 3.21 bits per heavy atom. The zero-order valence-corrected chi connectivity index (χ0v) is 9.53. The Bertz CT molecular complexity index is 573. The van der Waals surface area contributed by atoms with Crippen LogP contribution in [0.25, 0.3) is 16.4 Å². The molecule has 3 nitrogen and oxygen atoms in total. The van der Waals surface area contributed by atoms with Gasteiger partial charge < -0.3 is 0 Å². The van der Waals surface area contributed by atoms with E-state index in [1.807, 2.05) is 30.6 Å². The third kappa shape index (κ3) is 1.24. The minimum atomic E-state index is 0. The smallest absolute Gasteiger partial charge is 0.0779 e. The fraction of sp³-hybridized carbons (Fsp3) is 0. The van der Waals surface area contributed by atoms with Gasteiger partial charge in [-0.05, 0) is 0 Å². The monoisotopic (exact) mass is 361 g/mol. The van der Waals surface area contributed by atoms with Gasteiger partial charge in [0.05, 0.1) is 5.65 Å². The van der Waals surface area contributed by atoms with Crippen molar-refractivity contribution in [3.8, 4) is 0 Å². The topological polar surface area (TPSA) is 30.2 Å². The molecule has 0 aliphatic carbocycles. The maximum absolute atomic E-state index is 4.22. The molecular formula is C10H6IrN3-. The van der Waals surface area contributed by atoms with Crippen LogP contribution in [-0.2, 0) is 20.1 Å². The molecule has 0 aliphatic rings. The van der Waals surface area contributed by atoms with Gasteiger partial charge in [0.15, 0.2) is 0 Å². The molecule has 4 heteroatoms. The number of aromatic nitrogens is 3. The molecule has 0 aliphatic heterocycles. The molecule has 1 radical (unpaired) electrons. The molecule has 0 saturated heterocycles. The maximum atomic E-state index is 4.22. The summed E-state index contributed by atoms with van der Waals surface area (Å²) in [5.41, 5.74) is 0.859. The van der Waals surface area contributed by atoms with E-state index in [4.69, 9.17) is 0 Å². The van der Waals surface area contributed by atoms with Crippen LogP contribution in [0, 0.1) is 6.07 Å². The molecule has 71 valence electrons. The average Bonchev–Trinajstić information content (AvgIpc) is 2.65. The summed E-state index contributed by atoms with van der Waals surface area (Å²) >= 11 is 0. The predicted octanol–water partition coefficient (Wildman–Crippen LogP) is 1.68. The Kier molecular flexibility index (Phi) is 2.31. The van der Waals surface area contributed by atoms with Crippen LogP contribution >= 0.6 is 0 Å². The first-order chi connectivity index (χ1) is 6.45. The molecule has 0 N–H and O–H groups in total. The molecule has 14 heavy (non-hydrogen) atoms. The van der Waals surface area contributed by atoms with Gasteiger partial charge in [0.2, 0.25) is 0 Å². The molecule has 0 bridgehead atoms. The molecule has 0 spiro atoms. The van der Waals surface area contributed by atoms with Crippen molar-refractivity contribution < 1.29 is 20.1 Å². The van der Waals surface area contributed by atoms with Crippen molar-refractivity contribution in [3.05, 3.63) is 42.9 Å². The molecule has 3 rings (SSSR count). The second-order valence-corrected chi connectivity index (χ2v) is 2.84. The Hall–Kier alpha value is -1.25. The van der Waals surface area contributed by atoms with E-state index < -0.39 is 0 Å². The molecule has 0 saturated carbocycles. The fourth-order valence-corrected chi connectivity index (χ4v) is 1.44. The van der Waals surface area contributed by atoms with E-state index in [2.05, 4.69) is 16.1 Å². The van der Waals surface area contributed by atoms with Gasteiger partial charge in [-0.15, -0.1) is 24.3 Å². The number of benzene rings is 1. The molecule has 1 aromatic carbocycles. The molecule has 3 aromatic rings. The standard InChI is InChI=1S/C10H6N3.Ir/c1-2-4-9-8(3-1)7-12-13-6-5-11-10(9)13;/h1-3,5-7H;/q-1;. The largest absolute Gasteiger partial charge is 0.284 e. The number of hydrogen-bond acceptors (Lipinski definition) is 2. The minimum Gasteiger partial charge on any atom is -0.284 e. The number of rotatable bonds is 0. The maximum Gasteiger partial charge on any atom is 0.0779 e. The van der Waals surface area contributed by atoms with Crippen LogP contribution in [0.15, 0.2) is 36.8 Å². The molecule has 2 heterocycles. The predicted molar refractivity (Wildman–Crippen MR) is 49.3 cm³/mol. The van der Waals surface area contributed by atoms with Crippen molar-refractivity contribution in [2.24, 2.45) is 0 Å². The molecule has 0 atom stereocenters. The minimum absolute atomic E-state index is 0. The van der Waals surface area contributed by atoms with Gasteiger partial charge in [0, 0.05) is 38.7 Å². The molecule has 2 aromatic heterocycles. The summed E-state index contributed by atoms with van der Waals surface area (Å²) in [6.45, 7) is 0. The summed E-state index contributed by atoms with van der Waals surface area (Å²) in [4.78, 5) is 4.22. The van der Waals surface area contributed by atoms with Crippen LogP contribution < -0.4 is 0 Å². The van der Waals surface area contributed by atoms with E-state index in [0.29, 0.717) is 0 Å². The van der Waals surface area contributed by atoms with Gasteiger partial charge in [-0.3, -0.25) is 9.50 Å². The fourth-order valence-electron chi connectivity index (χ4n) is 1.44. The third-order valence-electron chi connectivity index (χ3n) is 2.05. The average molecular weight is 360 g/mol. The van der Waals surface area contributed by atoms with E-state index in [1.54, 1.807) is 10.7 Å².